The monoisotopic (exact) mass is 348 g/mol. The van der Waals surface area contributed by atoms with E-state index < -0.39 is 0 Å². The zero-order valence-electron chi connectivity index (χ0n) is 12.0. The maximum absolute atomic E-state index is 11.9. The van der Waals surface area contributed by atoms with Crippen LogP contribution in [0.3, 0.4) is 0 Å². The first-order valence-corrected chi connectivity index (χ1v) is 8.40. The highest BCUT2D eigenvalue weighted by Crippen LogP contribution is 2.39. The summed E-state index contributed by atoms with van der Waals surface area (Å²) in [7, 11) is 0. The molecule has 0 unspecified atom stereocenters. The van der Waals surface area contributed by atoms with Crippen molar-refractivity contribution in [1.29, 1.82) is 0 Å². The van der Waals surface area contributed by atoms with Crippen LogP contribution in [-0.4, -0.2) is 25.8 Å². The molecule has 2 aromatic heterocycles. The van der Waals surface area contributed by atoms with Crippen molar-refractivity contribution in [2.75, 3.05) is 5.32 Å². The van der Waals surface area contributed by atoms with Gasteiger partial charge in [0.2, 0.25) is 4.96 Å². The SMILES string of the molecule is O=C(NCc1nn2c(C3CC3)nnc2s1)Nc1ccc(Cl)cc1. The summed E-state index contributed by atoms with van der Waals surface area (Å²) in [6, 6.07) is 6.64. The number of carbonyl (C=O) groups is 1. The van der Waals surface area contributed by atoms with Crippen LogP contribution in [0.2, 0.25) is 5.02 Å². The zero-order chi connectivity index (χ0) is 15.8. The molecule has 3 aromatic rings. The van der Waals surface area contributed by atoms with Crippen molar-refractivity contribution in [3.8, 4) is 0 Å². The first-order chi connectivity index (χ1) is 11.2. The van der Waals surface area contributed by atoms with Crippen LogP contribution >= 0.6 is 22.9 Å². The second-order valence-electron chi connectivity index (χ2n) is 5.34. The van der Waals surface area contributed by atoms with Gasteiger partial charge in [0.1, 0.15) is 5.01 Å². The lowest BCUT2D eigenvalue weighted by Crippen LogP contribution is -2.28. The van der Waals surface area contributed by atoms with Crippen LogP contribution in [0.15, 0.2) is 24.3 Å². The Morgan fingerprint density at radius 3 is 2.83 bits per heavy atom. The number of amides is 2. The van der Waals surface area contributed by atoms with Gasteiger partial charge in [0.25, 0.3) is 0 Å². The van der Waals surface area contributed by atoms with Gasteiger partial charge >= 0.3 is 6.03 Å². The van der Waals surface area contributed by atoms with Crippen LogP contribution < -0.4 is 10.6 Å². The number of fused-ring (bicyclic) bond motifs is 1. The molecule has 0 radical (unpaired) electrons. The molecule has 1 aliphatic carbocycles. The van der Waals surface area contributed by atoms with Crippen molar-refractivity contribution >= 4 is 39.6 Å². The van der Waals surface area contributed by atoms with Crippen molar-refractivity contribution in [3.63, 3.8) is 0 Å². The highest BCUT2D eigenvalue weighted by atomic mass is 35.5. The van der Waals surface area contributed by atoms with Gasteiger partial charge in [0, 0.05) is 16.6 Å². The quantitative estimate of drug-likeness (QED) is 0.759. The zero-order valence-corrected chi connectivity index (χ0v) is 13.6. The second-order valence-corrected chi connectivity index (χ2v) is 6.81. The molecule has 2 amide bonds. The minimum atomic E-state index is -0.291. The molecule has 1 saturated carbocycles. The average molecular weight is 349 g/mol. The molecule has 0 saturated heterocycles. The van der Waals surface area contributed by atoms with Crippen molar-refractivity contribution in [3.05, 3.63) is 40.1 Å². The van der Waals surface area contributed by atoms with Crippen LogP contribution in [0.5, 0.6) is 0 Å². The maximum Gasteiger partial charge on any atom is 0.319 e. The molecule has 1 aliphatic rings. The summed E-state index contributed by atoms with van der Waals surface area (Å²) in [4.78, 5) is 12.7. The van der Waals surface area contributed by atoms with E-state index in [0.717, 1.165) is 28.6 Å². The Morgan fingerprint density at radius 2 is 2.09 bits per heavy atom. The first kappa shape index (κ1) is 14.4. The first-order valence-electron chi connectivity index (χ1n) is 7.20. The van der Waals surface area contributed by atoms with Gasteiger partial charge in [0.15, 0.2) is 5.82 Å². The number of hydrogen-bond donors (Lipinski definition) is 2. The van der Waals surface area contributed by atoms with E-state index >= 15 is 0 Å². The summed E-state index contributed by atoms with van der Waals surface area (Å²) in [5.41, 5.74) is 0.682. The fraction of sp³-hybridized carbons (Fsp3) is 0.286. The molecular weight excluding hydrogens is 336 g/mol. The summed E-state index contributed by atoms with van der Waals surface area (Å²) in [5, 5.41) is 19.7. The van der Waals surface area contributed by atoms with Gasteiger partial charge in [-0.25, -0.2) is 4.79 Å². The Bertz CT molecular complexity index is 854. The number of aromatic nitrogens is 4. The predicted octanol–water partition coefficient (Wildman–Crippen LogP) is 3.04. The minimum absolute atomic E-state index is 0.291. The number of carbonyl (C=O) groups excluding carboxylic acids is 1. The summed E-state index contributed by atoms with van der Waals surface area (Å²) in [6.07, 6.45) is 2.30. The van der Waals surface area contributed by atoms with E-state index in [-0.39, 0.29) is 6.03 Å². The van der Waals surface area contributed by atoms with Crippen LogP contribution in [0.1, 0.15) is 29.6 Å². The number of anilines is 1. The van der Waals surface area contributed by atoms with Gasteiger partial charge in [-0.1, -0.05) is 22.9 Å². The third-order valence-corrected chi connectivity index (χ3v) is 4.65. The molecule has 0 bridgehead atoms. The summed E-state index contributed by atoms with van der Waals surface area (Å²) < 4.78 is 1.79. The van der Waals surface area contributed by atoms with E-state index in [1.165, 1.54) is 11.3 Å². The van der Waals surface area contributed by atoms with E-state index in [9.17, 15) is 4.79 Å². The molecule has 9 heteroatoms. The molecule has 1 aromatic carbocycles. The van der Waals surface area contributed by atoms with E-state index in [1.54, 1.807) is 28.8 Å². The molecule has 118 valence electrons. The van der Waals surface area contributed by atoms with Gasteiger partial charge in [-0.3, -0.25) is 0 Å². The molecular formula is C14H13ClN6OS. The molecule has 4 rings (SSSR count). The molecule has 0 atom stereocenters. The Kier molecular flexibility index (Phi) is 3.62. The Hall–Kier alpha value is -2.19. The van der Waals surface area contributed by atoms with Crippen molar-refractivity contribution in [1.82, 2.24) is 25.1 Å². The number of rotatable bonds is 4. The summed E-state index contributed by atoms with van der Waals surface area (Å²) in [5.74, 6) is 1.41. The summed E-state index contributed by atoms with van der Waals surface area (Å²) >= 11 is 7.24. The number of hydrogen-bond acceptors (Lipinski definition) is 5. The molecule has 23 heavy (non-hydrogen) atoms. The maximum atomic E-state index is 11.9. The molecule has 2 heterocycles. The fourth-order valence-corrected chi connectivity index (χ4v) is 3.11. The number of urea groups is 1. The Labute approximate surface area is 140 Å². The number of benzene rings is 1. The third-order valence-electron chi connectivity index (χ3n) is 3.50. The van der Waals surface area contributed by atoms with Crippen LogP contribution in [-0.2, 0) is 6.54 Å². The standard InChI is InChI=1S/C14H13ClN6OS/c15-9-3-5-10(6-4-9)17-13(22)16-7-11-20-21-12(8-1-2-8)18-19-14(21)23-11/h3-6,8H,1-2,7H2,(H2,16,17,22). The highest BCUT2D eigenvalue weighted by molar-refractivity contribution is 7.16. The lowest BCUT2D eigenvalue weighted by molar-refractivity contribution is 0.251. The highest BCUT2D eigenvalue weighted by Gasteiger charge is 2.30. The summed E-state index contributed by atoms with van der Waals surface area (Å²) in [6.45, 7) is 0.345. The fourth-order valence-electron chi connectivity index (χ4n) is 2.20. The minimum Gasteiger partial charge on any atom is -0.331 e. The topological polar surface area (TPSA) is 84.2 Å². The molecule has 1 fully saturated rings. The van der Waals surface area contributed by atoms with Crippen LogP contribution in [0.4, 0.5) is 10.5 Å². The van der Waals surface area contributed by atoms with E-state index in [2.05, 4.69) is 25.9 Å². The van der Waals surface area contributed by atoms with Gasteiger partial charge in [-0.15, -0.1) is 10.2 Å². The lowest BCUT2D eigenvalue weighted by Gasteiger charge is -2.06. The van der Waals surface area contributed by atoms with Gasteiger partial charge < -0.3 is 10.6 Å². The van der Waals surface area contributed by atoms with Crippen molar-refractivity contribution in [2.24, 2.45) is 0 Å². The average Bonchev–Trinajstić information content (AvgIpc) is 3.17. The third kappa shape index (κ3) is 3.13. The second kappa shape index (κ2) is 5.78. The van der Waals surface area contributed by atoms with Crippen molar-refractivity contribution in [2.45, 2.75) is 25.3 Å². The molecule has 0 aliphatic heterocycles. The predicted molar refractivity (Wildman–Crippen MR) is 87.9 cm³/mol. The Morgan fingerprint density at radius 1 is 1.30 bits per heavy atom. The number of nitrogens with zero attached hydrogens (tertiary/aromatic N) is 4. The van der Waals surface area contributed by atoms with Gasteiger partial charge in [-0.05, 0) is 37.1 Å². The largest absolute Gasteiger partial charge is 0.331 e. The normalized spacial score (nSPS) is 14.1. The molecule has 2 N–H and O–H groups in total. The molecule has 0 spiro atoms. The lowest BCUT2D eigenvalue weighted by atomic mass is 10.3. The van der Waals surface area contributed by atoms with E-state index in [1.807, 2.05) is 0 Å². The van der Waals surface area contributed by atoms with E-state index in [4.69, 9.17) is 11.6 Å². The Balaban J connectivity index is 1.38. The van der Waals surface area contributed by atoms with Gasteiger partial charge in [-0.2, -0.15) is 9.61 Å². The smallest absolute Gasteiger partial charge is 0.319 e. The number of nitrogens with one attached hydrogen (secondary N) is 2. The molecule has 7 nitrogen and oxygen atoms in total. The number of halogens is 1. The van der Waals surface area contributed by atoms with Crippen molar-refractivity contribution < 1.29 is 4.79 Å². The van der Waals surface area contributed by atoms with E-state index in [0.29, 0.717) is 23.2 Å². The van der Waals surface area contributed by atoms with Crippen LogP contribution in [0.25, 0.3) is 4.96 Å². The van der Waals surface area contributed by atoms with Crippen LogP contribution in [0, 0.1) is 0 Å². The van der Waals surface area contributed by atoms with Gasteiger partial charge in [0.05, 0.1) is 6.54 Å².